The van der Waals surface area contributed by atoms with Gasteiger partial charge in [-0.1, -0.05) is 6.07 Å². The number of aromatic nitrogens is 3. The molecule has 1 N–H and O–H groups in total. The molecular formula is C18H17N3O4. The van der Waals surface area contributed by atoms with Crippen LogP contribution in [0, 0.1) is 0 Å². The highest BCUT2D eigenvalue weighted by molar-refractivity contribution is 5.72. The van der Waals surface area contributed by atoms with Crippen LogP contribution in [0.1, 0.15) is 18.1 Å². The Morgan fingerprint density at radius 3 is 2.88 bits per heavy atom. The van der Waals surface area contributed by atoms with E-state index in [2.05, 4.69) is 9.97 Å². The fourth-order valence-electron chi connectivity index (χ4n) is 2.81. The molecule has 0 aliphatic carbocycles. The van der Waals surface area contributed by atoms with E-state index < -0.39 is 6.10 Å². The lowest BCUT2D eigenvalue weighted by molar-refractivity contribution is 0.154. The number of hydrogen-bond donors (Lipinski definition) is 1. The molecule has 4 rings (SSSR count). The fourth-order valence-corrected chi connectivity index (χ4v) is 2.81. The maximum atomic E-state index is 12.5. The summed E-state index contributed by atoms with van der Waals surface area (Å²) in [6, 6.07) is 8.68. The Kier molecular flexibility index (Phi) is 4.07. The molecule has 7 heteroatoms. The summed E-state index contributed by atoms with van der Waals surface area (Å²) in [5, 5.41) is 11.0. The second-order valence-corrected chi connectivity index (χ2v) is 5.85. The Balaban J connectivity index is 1.62. The molecule has 0 amide bonds. The zero-order chi connectivity index (χ0) is 17.2. The number of ether oxygens (including phenoxy) is 2. The Hall–Kier alpha value is -2.93. The molecule has 0 saturated heterocycles. The number of rotatable bonds is 3. The van der Waals surface area contributed by atoms with Gasteiger partial charge in [0.05, 0.1) is 31.2 Å². The molecule has 0 bridgehead atoms. The van der Waals surface area contributed by atoms with E-state index in [1.165, 1.54) is 10.9 Å². The van der Waals surface area contributed by atoms with Crippen LogP contribution in [-0.4, -0.2) is 32.9 Å². The minimum atomic E-state index is -0.870. The molecule has 1 atom stereocenters. The highest BCUT2D eigenvalue weighted by Gasteiger charge is 2.16. The summed E-state index contributed by atoms with van der Waals surface area (Å²) < 4.78 is 12.6. The van der Waals surface area contributed by atoms with E-state index in [9.17, 15) is 9.90 Å². The van der Waals surface area contributed by atoms with Crippen molar-refractivity contribution in [2.24, 2.45) is 0 Å². The minimum Gasteiger partial charge on any atom is -0.490 e. The first-order valence-corrected chi connectivity index (χ1v) is 8.10. The predicted molar refractivity (Wildman–Crippen MR) is 90.8 cm³/mol. The number of benzene rings is 1. The first-order chi connectivity index (χ1) is 12.2. The van der Waals surface area contributed by atoms with Crippen molar-refractivity contribution in [2.45, 2.75) is 19.1 Å². The normalized spacial score (nSPS) is 14.9. The number of aliphatic hydroxyl groups excluding tert-OH is 1. The Labute approximate surface area is 143 Å². The summed E-state index contributed by atoms with van der Waals surface area (Å²) >= 11 is 0. The van der Waals surface area contributed by atoms with Gasteiger partial charge < -0.3 is 14.6 Å². The molecule has 3 heterocycles. The SMILES string of the molecule is O=c1c2cccnc2ncn1C[C@H](O)c1ccc2c(c1)OCCCO2. The van der Waals surface area contributed by atoms with Gasteiger partial charge in [0.15, 0.2) is 17.1 Å². The van der Waals surface area contributed by atoms with Crippen LogP contribution in [0.2, 0.25) is 0 Å². The van der Waals surface area contributed by atoms with Gasteiger partial charge in [0.1, 0.15) is 6.33 Å². The summed E-state index contributed by atoms with van der Waals surface area (Å²) in [5.74, 6) is 1.28. The third-order valence-corrected chi connectivity index (χ3v) is 4.12. The molecule has 0 spiro atoms. The summed E-state index contributed by atoms with van der Waals surface area (Å²) in [6.07, 6.45) is 2.94. The summed E-state index contributed by atoms with van der Waals surface area (Å²) in [5.41, 5.74) is 0.822. The number of pyridine rings is 1. The highest BCUT2D eigenvalue weighted by atomic mass is 16.5. The van der Waals surface area contributed by atoms with Gasteiger partial charge in [-0.15, -0.1) is 0 Å². The van der Waals surface area contributed by atoms with Gasteiger partial charge in [0, 0.05) is 12.6 Å². The molecule has 0 saturated carbocycles. The van der Waals surface area contributed by atoms with Crippen molar-refractivity contribution in [3.8, 4) is 11.5 Å². The van der Waals surface area contributed by atoms with Gasteiger partial charge >= 0.3 is 0 Å². The highest BCUT2D eigenvalue weighted by Crippen LogP contribution is 2.32. The van der Waals surface area contributed by atoms with Crippen molar-refractivity contribution < 1.29 is 14.6 Å². The standard InChI is InChI=1S/C18H17N3O4/c22-14(12-4-5-15-16(9-12)25-8-2-7-24-15)10-21-11-20-17-13(18(21)23)3-1-6-19-17/h1,3-6,9,11,14,22H,2,7-8,10H2/t14-/m0/s1. The zero-order valence-corrected chi connectivity index (χ0v) is 13.5. The van der Waals surface area contributed by atoms with E-state index in [0.29, 0.717) is 41.3 Å². The lowest BCUT2D eigenvalue weighted by Crippen LogP contribution is -2.24. The van der Waals surface area contributed by atoms with Gasteiger partial charge in [-0.25, -0.2) is 9.97 Å². The lowest BCUT2D eigenvalue weighted by atomic mass is 10.1. The second kappa shape index (κ2) is 6.52. The van der Waals surface area contributed by atoms with Crippen LogP contribution in [-0.2, 0) is 6.54 Å². The van der Waals surface area contributed by atoms with Crippen LogP contribution in [0.4, 0.5) is 0 Å². The van der Waals surface area contributed by atoms with E-state index in [1.807, 2.05) is 0 Å². The zero-order valence-electron chi connectivity index (χ0n) is 13.5. The number of hydrogen-bond acceptors (Lipinski definition) is 6. The van der Waals surface area contributed by atoms with E-state index in [4.69, 9.17) is 9.47 Å². The van der Waals surface area contributed by atoms with Crippen molar-refractivity contribution >= 4 is 11.0 Å². The molecule has 0 unspecified atom stereocenters. The van der Waals surface area contributed by atoms with Gasteiger partial charge in [0.25, 0.3) is 5.56 Å². The second-order valence-electron chi connectivity index (χ2n) is 5.85. The third-order valence-electron chi connectivity index (χ3n) is 4.12. The van der Waals surface area contributed by atoms with Crippen LogP contribution in [0.25, 0.3) is 11.0 Å². The fraction of sp³-hybridized carbons (Fsp3) is 0.278. The molecule has 7 nitrogen and oxygen atoms in total. The Bertz CT molecular complexity index is 970. The van der Waals surface area contributed by atoms with Gasteiger partial charge in [-0.05, 0) is 29.8 Å². The smallest absolute Gasteiger partial charge is 0.262 e. The molecule has 2 aromatic heterocycles. The maximum absolute atomic E-state index is 12.5. The number of fused-ring (bicyclic) bond motifs is 2. The van der Waals surface area contributed by atoms with E-state index in [1.54, 1.807) is 36.5 Å². The Morgan fingerprint density at radius 1 is 1.16 bits per heavy atom. The van der Waals surface area contributed by atoms with Gasteiger partial charge in [-0.2, -0.15) is 0 Å². The van der Waals surface area contributed by atoms with Crippen molar-refractivity contribution in [3.63, 3.8) is 0 Å². The van der Waals surface area contributed by atoms with E-state index >= 15 is 0 Å². The number of aliphatic hydroxyl groups is 1. The summed E-state index contributed by atoms with van der Waals surface area (Å²) in [7, 11) is 0. The quantitative estimate of drug-likeness (QED) is 0.781. The monoisotopic (exact) mass is 339 g/mol. The average molecular weight is 339 g/mol. The molecule has 1 aromatic carbocycles. The van der Waals surface area contributed by atoms with Crippen molar-refractivity contribution in [1.82, 2.24) is 14.5 Å². The lowest BCUT2D eigenvalue weighted by Gasteiger charge is -2.15. The van der Waals surface area contributed by atoms with Gasteiger partial charge in [0.2, 0.25) is 0 Å². The Morgan fingerprint density at radius 2 is 2.00 bits per heavy atom. The topological polar surface area (TPSA) is 86.5 Å². The molecule has 1 aliphatic rings. The maximum Gasteiger partial charge on any atom is 0.262 e. The average Bonchev–Trinajstić information content (AvgIpc) is 2.89. The largest absolute Gasteiger partial charge is 0.490 e. The number of nitrogens with zero attached hydrogens (tertiary/aromatic N) is 3. The summed E-state index contributed by atoms with van der Waals surface area (Å²) in [6.45, 7) is 1.28. The molecule has 3 aromatic rings. The third kappa shape index (κ3) is 3.06. The van der Waals surface area contributed by atoms with Crippen LogP contribution in [0.3, 0.4) is 0 Å². The van der Waals surface area contributed by atoms with Crippen molar-refractivity contribution in [2.75, 3.05) is 13.2 Å². The summed E-state index contributed by atoms with van der Waals surface area (Å²) in [4.78, 5) is 20.7. The molecule has 25 heavy (non-hydrogen) atoms. The molecule has 0 fully saturated rings. The van der Waals surface area contributed by atoms with Crippen molar-refractivity contribution in [1.29, 1.82) is 0 Å². The first-order valence-electron chi connectivity index (χ1n) is 8.10. The van der Waals surface area contributed by atoms with Crippen LogP contribution in [0.15, 0.2) is 47.7 Å². The first kappa shape index (κ1) is 15.6. The molecule has 0 radical (unpaired) electrons. The van der Waals surface area contributed by atoms with Gasteiger partial charge in [-0.3, -0.25) is 9.36 Å². The van der Waals surface area contributed by atoms with E-state index in [-0.39, 0.29) is 12.1 Å². The van der Waals surface area contributed by atoms with Crippen LogP contribution >= 0.6 is 0 Å². The van der Waals surface area contributed by atoms with E-state index in [0.717, 1.165) is 6.42 Å². The van der Waals surface area contributed by atoms with Crippen LogP contribution in [0.5, 0.6) is 11.5 Å². The van der Waals surface area contributed by atoms with Crippen LogP contribution < -0.4 is 15.0 Å². The van der Waals surface area contributed by atoms with Crippen molar-refractivity contribution in [3.05, 3.63) is 58.8 Å². The molecule has 128 valence electrons. The predicted octanol–water partition coefficient (Wildman–Crippen LogP) is 1.69. The molecule has 1 aliphatic heterocycles. The minimum absolute atomic E-state index is 0.0936. The molecular weight excluding hydrogens is 322 g/mol.